The Morgan fingerprint density at radius 3 is 2.27 bits per heavy atom. The summed E-state index contributed by atoms with van der Waals surface area (Å²) in [5, 5.41) is 0. The van der Waals surface area contributed by atoms with Crippen molar-refractivity contribution in [1.82, 2.24) is 4.90 Å². The number of hydrogen-bond acceptors (Lipinski definition) is 4. The fourth-order valence-corrected chi connectivity index (χ4v) is 1.96. The van der Waals surface area contributed by atoms with Gasteiger partial charge in [-0.25, -0.2) is 9.59 Å². The highest BCUT2D eigenvalue weighted by molar-refractivity contribution is 5.81. The molecule has 0 fully saturated rings. The Morgan fingerprint density at radius 1 is 1.18 bits per heavy atom. The normalized spacial score (nSPS) is 12.4. The molecule has 0 aliphatic heterocycles. The molecule has 0 bridgehead atoms. The molecule has 5 heteroatoms. The molecule has 5 nitrogen and oxygen atoms in total. The summed E-state index contributed by atoms with van der Waals surface area (Å²) < 4.78 is 10.1. The van der Waals surface area contributed by atoms with Crippen LogP contribution in [0.4, 0.5) is 4.79 Å². The zero-order valence-electron chi connectivity index (χ0n) is 14.0. The van der Waals surface area contributed by atoms with Gasteiger partial charge < -0.3 is 9.47 Å². The number of benzene rings is 1. The van der Waals surface area contributed by atoms with Crippen molar-refractivity contribution >= 4 is 12.1 Å². The van der Waals surface area contributed by atoms with E-state index in [1.54, 1.807) is 27.7 Å². The van der Waals surface area contributed by atoms with Crippen molar-refractivity contribution in [2.45, 2.75) is 45.8 Å². The van der Waals surface area contributed by atoms with E-state index in [0.29, 0.717) is 13.0 Å². The maximum atomic E-state index is 12.3. The van der Waals surface area contributed by atoms with Crippen molar-refractivity contribution in [3.8, 4) is 0 Å². The Balaban J connectivity index is 2.81. The summed E-state index contributed by atoms with van der Waals surface area (Å²) >= 11 is 0. The lowest BCUT2D eigenvalue weighted by molar-refractivity contribution is -0.146. The fourth-order valence-electron chi connectivity index (χ4n) is 1.96. The lowest BCUT2D eigenvalue weighted by atomic mass is 10.1. The summed E-state index contributed by atoms with van der Waals surface area (Å²) in [6.07, 6.45) is 0.128. The number of hydrogen-bond donors (Lipinski definition) is 0. The smallest absolute Gasteiger partial charge is 0.411 e. The van der Waals surface area contributed by atoms with Crippen molar-refractivity contribution in [1.29, 1.82) is 0 Å². The first-order valence-electron chi connectivity index (χ1n) is 7.36. The molecular weight excluding hydrogens is 282 g/mol. The van der Waals surface area contributed by atoms with E-state index in [0.717, 1.165) is 5.56 Å². The summed E-state index contributed by atoms with van der Waals surface area (Å²) in [4.78, 5) is 25.5. The summed E-state index contributed by atoms with van der Waals surface area (Å²) in [5.41, 5.74) is 0.478. The van der Waals surface area contributed by atoms with E-state index in [2.05, 4.69) is 0 Å². The van der Waals surface area contributed by atoms with E-state index in [-0.39, 0.29) is 0 Å². The first-order valence-corrected chi connectivity index (χ1v) is 7.36. The Hall–Kier alpha value is -2.04. The zero-order valence-corrected chi connectivity index (χ0v) is 14.0. The molecule has 0 heterocycles. The Bertz CT molecular complexity index is 493. The van der Waals surface area contributed by atoms with Gasteiger partial charge in [-0.2, -0.15) is 0 Å². The van der Waals surface area contributed by atoms with Crippen molar-refractivity contribution in [3.05, 3.63) is 35.9 Å². The molecule has 0 saturated heterocycles. The molecule has 0 aromatic heterocycles. The third kappa shape index (κ3) is 5.76. The molecule has 1 rings (SSSR count). The monoisotopic (exact) mass is 307 g/mol. The molecule has 0 radical (unpaired) electrons. The topological polar surface area (TPSA) is 55.8 Å². The maximum absolute atomic E-state index is 12.3. The largest absolute Gasteiger partial charge is 0.467 e. The van der Waals surface area contributed by atoms with Gasteiger partial charge >= 0.3 is 12.1 Å². The van der Waals surface area contributed by atoms with E-state index in [4.69, 9.17) is 9.47 Å². The van der Waals surface area contributed by atoms with Crippen LogP contribution in [0.25, 0.3) is 0 Å². The van der Waals surface area contributed by atoms with Crippen LogP contribution < -0.4 is 0 Å². The van der Waals surface area contributed by atoms with Gasteiger partial charge in [0.2, 0.25) is 0 Å². The minimum atomic E-state index is -0.691. The summed E-state index contributed by atoms with van der Waals surface area (Å²) in [6, 6.07) is 9.09. The minimum Gasteiger partial charge on any atom is -0.467 e. The van der Waals surface area contributed by atoms with E-state index < -0.39 is 23.7 Å². The first kappa shape index (κ1) is 18.0. The number of esters is 1. The molecule has 1 atom stereocenters. The van der Waals surface area contributed by atoms with Gasteiger partial charge in [-0.3, -0.25) is 4.90 Å². The number of carbonyl (C=O) groups is 2. The van der Waals surface area contributed by atoms with Gasteiger partial charge in [-0.1, -0.05) is 30.3 Å². The van der Waals surface area contributed by atoms with E-state index in [1.807, 2.05) is 30.3 Å². The van der Waals surface area contributed by atoms with Crippen LogP contribution in [0, 0.1) is 0 Å². The minimum absolute atomic E-state index is 0.384. The summed E-state index contributed by atoms with van der Waals surface area (Å²) in [5.74, 6) is -0.459. The molecule has 0 unspecified atom stereocenters. The van der Waals surface area contributed by atoms with E-state index in [9.17, 15) is 9.59 Å². The van der Waals surface area contributed by atoms with Gasteiger partial charge in [0, 0.05) is 6.54 Å². The molecule has 0 saturated carbocycles. The van der Waals surface area contributed by atoms with Gasteiger partial charge in [-0.05, 0) is 39.7 Å². The molecule has 22 heavy (non-hydrogen) atoms. The summed E-state index contributed by atoms with van der Waals surface area (Å²) in [7, 11) is 1.31. The van der Waals surface area contributed by atoms with Crippen LogP contribution in [0.1, 0.15) is 33.3 Å². The standard InChI is InChI=1S/C17H25NO4/c1-13(15(19)21-5)18(16(20)22-17(2,3)4)12-11-14-9-7-6-8-10-14/h6-10,13H,11-12H2,1-5H3/t13-/m0/s1. The van der Waals surface area contributed by atoms with Gasteiger partial charge in [0.1, 0.15) is 11.6 Å². The second kappa shape index (κ2) is 7.82. The SMILES string of the molecule is COC(=O)[C@H](C)N(CCc1ccccc1)C(=O)OC(C)(C)C. The predicted molar refractivity (Wildman–Crippen MR) is 84.6 cm³/mol. The number of carbonyl (C=O) groups excluding carboxylic acids is 2. The Morgan fingerprint density at radius 2 is 1.77 bits per heavy atom. The van der Waals surface area contributed by atoms with Crippen molar-refractivity contribution in [2.24, 2.45) is 0 Å². The highest BCUT2D eigenvalue weighted by atomic mass is 16.6. The van der Waals surface area contributed by atoms with Gasteiger partial charge in [0.05, 0.1) is 7.11 Å². The predicted octanol–water partition coefficient (Wildman–Crippen LogP) is 3.03. The number of rotatable bonds is 5. The van der Waals surface area contributed by atoms with Crippen LogP contribution in [0.5, 0.6) is 0 Å². The van der Waals surface area contributed by atoms with E-state index in [1.165, 1.54) is 12.0 Å². The lowest BCUT2D eigenvalue weighted by Gasteiger charge is -2.30. The van der Waals surface area contributed by atoms with Crippen molar-refractivity contribution in [2.75, 3.05) is 13.7 Å². The van der Waals surface area contributed by atoms with Crippen molar-refractivity contribution in [3.63, 3.8) is 0 Å². The number of ether oxygens (including phenoxy) is 2. The second-order valence-corrected chi connectivity index (χ2v) is 6.11. The molecule has 0 aliphatic carbocycles. The van der Waals surface area contributed by atoms with Gasteiger partial charge in [-0.15, -0.1) is 0 Å². The van der Waals surface area contributed by atoms with Crippen LogP contribution in [-0.2, 0) is 20.7 Å². The highest BCUT2D eigenvalue weighted by Crippen LogP contribution is 2.14. The molecule has 122 valence electrons. The maximum Gasteiger partial charge on any atom is 0.411 e. The fraction of sp³-hybridized carbons (Fsp3) is 0.529. The Kier molecular flexibility index (Phi) is 6.40. The third-order valence-corrected chi connectivity index (χ3v) is 3.12. The molecule has 1 aromatic carbocycles. The average Bonchev–Trinajstić information content (AvgIpc) is 2.45. The van der Waals surface area contributed by atoms with Crippen LogP contribution in [0.15, 0.2) is 30.3 Å². The van der Waals surface area contributed by atoms with E-state index >= 15 is 0 Å². The van der Waals surface area contributed by atoms with Gasteiger partial charge in [0.25, 0.3) is 0 Å². The third-order valence-electron chi connectivity index (χ3n) is 3.12. The molecule has 0 N–H and O–H groups in total. The molecule has 1 aromatic rings. The quantitative estimate of drug-likeness (QED) is 0.785. The Labute approximate surface area is 132 Å². The van der Waals surface area contributed by atoms with Gasteiger partial charge in [0.15, 0.2) is 0 Å². The van der Waals surface area contributed by atoms with Crippen LogP contribution in [0.3, 0.4) is 0 Å². The van der Waals surface area contributed by atoms with Crippen molar-refractivity contribution < 1.29 is 19.1 Å². The van der Waals surface area contributed by atoms with Crippen LogP contribution in [-0.4, -0.2) is 42.3 Å². The molecular formula is C17H25NO4. The number of methoxy groups -OCH3 is 1. The second-order valence-electron chi connectivity index (χ2n) is 6.11. The average molecular weight is 307 g/mol. The summed E-state index contributed by atoms with van der Waals surface area (Å²) in [6.45, 7) is 7.41. The number of amides is 1. The lowest BCUT2D eigenvalue weighted by Crippen LogP contribution is -2.47. The zero-order chi connectivity index (χ0) is 16.8. The highest BCUT2D eigenvalue weighted by Gasteiger charge is 2.30. The molecule has 0 spiro atoms. The first-order chi connectivity index (χ1) is 10.2. The van der Waals surface area contributed by atoms with Crippen LogP contribution in [0.2, 0.25) is 0 Å². The van der Waals surface area contributed by atoms with Crippen LogP contribution >= 0.6 is 0 Å². The molecule has 0 aliphatic rings. The number of nitrogens with zero attached hydrogens (tertiary/aromatic N) is 1. The molecule has 1 amide bonds.